The average molecular weight is 362 g/mol. The number of aromatic nitrogens is 1. The van der Waals surface area contributed by atoms with Crippen LogP contribution in [0.3, 0.4) is 0 Å². The van der Waals surface area contributed by atoms with Crippen molar-refractivity contribution < 1.29 is 9.66 Å². The van der Waals surface area contributed by atoms with Crippen LogP contribution in [0.2, 0.25) is 0 Å². The van der Waals surface area contributed by atoms with Gasteiger partial charge in [0, 0.05) is 6.07 Å². The molecule has 0 aliphatic carbocycles. The van der Waals surface area contributed by atoms with Crippen LogP contribution in [0.4, 0.5) is 11.5 Å². The Bertz CT molecular complexity index is 938. The topological polar surface area (TPSA) is 89.6 Å². The monoisotopic (exact) mass is 362 g/mol. The van der Waals surface area contributed by atoms with Gasteiger partial charge < -0.3 is 4.74 Å². The summed E-state index contributed by atoms with van der Waals surface area (Å²) in [4.78, 5) is 14.0. The summed E-state index contributed by atoms with van der Waals surface area (Å²) in [5, 5.41) is 14.7. The summed E-state index contributed by atoms with van der Waals surface area (Å²) in [5.74, 6) is 1.20. The molecule has 3 aromatic rings. The number of hydrogen-bond donors (Lipinski definition) is 1. The lowest BCUT2D eigenvalue weighted by Crippen LogP contribution is -1.96. The summed E-state index contributed by atoms with van der Waals surface area (Å²) in [7, 11) is 0. The number of aryl methyl sites for hydroxylation is 1. The Morgan fingerprint density at radius 2 is 2.00 bits per heavy atom. The molecular formula is C20H18N4O3. The molecule has 136 valence electrons. The molecule has 0 saturated heterocycles. The molecule has 0 bridgehead atoms. The molecule has 0 unspecified atom stereocenters. The third-order valence-corrected chi connectivity index (χ3v) is 3.72. The van der Waals surface area contributed by atoms with E-state index in [1.165, 1.54) is 23.9 Å². The van der Waals surface area contributed by atoms with Crippen molar-refractivity contribution in [2.75, 3.05) is 5.43 Å². The van der Waals surface area contributed by atoms with Crippen molar-refractivity contribution in [2.24, 2.45) is 5.10 Å². The van der Waals surface area contributed by atoms with Gasteiger partial charge in [-0.05, 0) is 48.4 Å². The molecule has 0 fully saturated rings. The number of nitro groups is 1. The fourth-order valence-corrected chi connectivity index (χ4v) is 2.35. The van der Waals surface area contributed by atoms with Gasteiger partial charge in [0.25, 0.3) is 5.69 Å². The van der Waals surface area contributed by atoms with Crippen molar-refractivity contribution >= 4 is 17.7 Å². The lowest BCUT2D eigenvalue weighted by Gasteiger charge is -2.07. The van der Waals surface area contributed by atoms with Gasteiger partial charge in [-0.2, -0.15) is 5.10 Å². The highest BCUT2D eigenvalue weighted by molar-refractivity contribution is 5.80. The second-order valence-electron chi connectivity index (χ2n) is 5.88. The molecule has 1 heterocycles. The first kappa shape index (κ1) is 18.1. The number of anilines is 1. The number of hydrogen-bond acceptors (Lipinski definition) is 6. The van der Waals surface area contributed by atoms with Gasteiger partial charge in [-0.1, -0.05) is 29.8 Å². The highest BCUT2D eigenvalue weighted by Crippen LogP contribution is 2.15. The van der Waals surface area contributed by atoms with Crippen LogP contribution in [0.5, 0.6) is 5.75 Å². The molecule has 0 spiro atoms. The highest BCUT2D eigenvalue weighted by atomic mass is 16.6. The normalized spacial score (nSPS) is 10.7. The van der Waals surface area contributed by atoms with Crippen molar-refractivity contribution in [3.05, 3.63) is 93.7 Å². The number of hydrazone groups is 1. The largest absolute Gasteiger partial charge is 0.489 e. The van der Waals surface area contributed by atoms with Gasteiger partial charge >= 0.3 is 0 Å². The molecule has 0 aliphatic rings. The molecule has 1 N–H and O–H groups in total. The highest BCUT2D eigenvalue weighted by Gasteiger charge is 2.04. The van der Waals surface area contributed by atoms with Gasteiger partial charge in [0.2, 0.25) is 0 Å². The minimum atomic E-state index is -0.497. The molecular weight excluding hydrogens is 344 g/mol. The van der Waals surface area contributed by atoms with Crippen molar-refractivity contribution in [2.45, 2.75) is 13.5 Å². The zero-order chi connectivity index (χ0) is 19.1. The molecule has 3 rings (SSSR count). The molecule has 0 amide bonds. The van der Waals surface area contributed by atoms with E-state index >= 15 is 0 Å². The van der Waals surface area contributed by atoms with Crippen LogP contribution in [0.15, 0.2) is 72.0 Å². The van der Waals surface area contributed by atoms with E-state index in [4.69, 9.17) is 4.74 Å². The summed E-state index contributed by atoms with van der Waals surface area (Å²) in [6, 6.07) is 18.6. The van der Waals surface area contributed by atoms with Gasteiger partial charge in [0.1, 0.15) is 24.4 Å². The molecule has 0 aliphatic heterocycles. The molecule has 2 aromatic carbocycles. The third kappa shape index (κ3) is 5.37. The van der Waals surface area contributed by atoms with E-state index in [1.807, 2.05) is 36.4 Å². The van der Waals surface area contributed by atoms with Crippen molar-refractivity contribution in [3.63, 3.8) is 0 Å². The van der Waals surface area contributed by atoms with Crippen molar-refractivity contribution in [1.82, 2.24) is 4.98 Å². The van der Waals surface area contributed by atoms with Crippen LogP contribution in [-0.2, 0) is 6.61 Å². The third-order valence-electron chi connectivity index (χ3n) is 3.72. The molecule has 0 radical (unpaired) electrons. The van der Waals surface area contributed by atoms with Gasteiger partial charge in [0.15, 0.2) is 0 Å². The first-order valence-electron chi connectivity index (χ1n) is 8.28. The van der Waals surface area contributed by atoms with E-state index < -0.39 is 4.92 Å². The Kier molecular flexibility index (Phi) is 5.73. The molecule has 27 heavy (non-hydrogen) atoms. The Labute approximate surface area is 156 Å². The maximum Gasteiger partial charge on any atom is 0.287 e. The summed E-state index contributed by atoms with van der Waals surface area (Å²) in [5.41, 5.74) is 5.88. The summed E-state index contributed by atoms with van der Waals surface area (Å²) in [6.45, 7) is 2.57. The number of rotatable bonds is 7. The number of nitrogens with one attached hydrogen (secondary N) is 1. The number of benzene rings is 2. The molecule has 7 nitrogen and oxygen atoms in total. The van der Waals surface area contributed by atoms with E-state index in [-0.39, 0.29) is 5.69 Å². The van der Waals surface area contributed by atoms with Gasteiger partial charge in [0.05, 0.1) is 11.1 Å². The standard InChI is InChI=1S/C20H18N4O3/c1-15-3-2-4-17(11-15)14-27-19-8-5-16(6-9-19)12-22-23-20-10-7-18(13-21-20)24(25)26/h2-13H,14H2,1H3,(H,21,23)/b22-12-. The second-order valence-corrected chi connectivity index (χ2v) is 5.88. The summed E-state index contributed by atoms with van der Waals surface area (Å²) in [6.07, 6.45) is 2.81. The second kappa shape index (κ2) is 8.57. The van der Waals surface area contributed by atoms with Gasteiger partial charge in [-0.25, -0.2) is 4.98 Å². The first-order chi connectivity index (χ1) is 13.1. The first-order valence-corrected chi connectivity index (χ1v) is 8.28. The molecule has 0 atom stereocenters. The van der Waals surface area contributed by atoms with Gasteiger partial charge in [-0.3, -0.25) is 15.5 Å². The quantitative estimate of drug-likeness (QED) is 0.384. The Morgan fingerprint density at radius 1 is 1.19 bits per heavy atom. The summed E-state index contributed by atoms with van der Waals surface area (Å²) >= 11 is 0. The Hall–Kier alpha value is -3.74. The zero-order valence-corrected chi connectivity index (χ0v) is 14.7. The molecule has 7 heteroatoms. The molecule has 0 saturated carbocycles. The fourth-order valence-electron chi connectivity index (χ4n) is 2.35. The lowest BCUT2D eigenvalue weighted by atomic mass is 10.1. The Balaban J connectivity index is 1.52. The van der Waals surface area contributed by atoms with Gasteiger partial charge in [-0.15, -0.1) is 0 Å². The number of pyridine rings is 1. The maximum atomic E-state index is 10.6. The predicted octanol–water partition coefficient (Wildman–Crippen LogP) is 4.32. The molecule has 1 aromatic heterocycles. The van der Waals surface area contributed by atoms with Crippen LogP contribution >= 0.6 is 0 Å². The van der Waals surface area contributed by atoms with E-state index in [2.05, 4.69) is 34.6 Å². The minimum absolute atomic E-state index is 0.0641. The van der Waals surface area contributed by atoms with Crippen LogP contribution in [-0.4, -0.2) is 16.1 Å². The maximum absolute atomic E-state index is 10.6. The van der Waals surface area contributed by atoms with E-state index in [1.54, 1.807) is 6.21 Å². The number of ether oxygens (including phenoxy) is 1. The van der Waals surface area contributed by atoms with Crippen molar-refractivity contribution in [1.29, 1.82) is 0 Å². The van der Waals surface area contributed by atoms with E-state index in [0.717, 1.165) is 16.9 Å². The van der Waals surface area contributed by atoms with E-state index in [9.17, 15) is 10.1 Å². The summed E-state index contributed by atoms with van der Waals surface area (Å²) < 4.78 is 5.78. The van der Waals surface area contributed by atoms with Crippen LogP contribution in [0, 0.1) is 17.0 Å². The van der Waals surface area contributed by atoms with Crippen LogP contribution in [0.25, 0.3) is 0 Å². The predicted molar refractivity (Wildman–Crippen MR) is 104 cm³/mol. The number of nitrogens with zero attached hydrogens (tertiary/aromatic N) is 3. The minimum Gasteiger partial charge on any atom is -0.489 e. The smallest absolute Gasteiger partial charge is 0.287 e. The lowest BCUT2D eigenvalue weighted by molar-refractivity contribution is -0.385. The zero-order valence-electron chi connectivity index (χ0n) is 14.7. The van der Waals surface area contributed by atoms with Crippen LogP contribution in [0.1, 0.15) is 16.7 Å². The van der Waals surface area contributed by atoms with Crippen molar-refractivity contribution in [3.8, 4) is 5.75 Å². The Morgan fingerprint density at radius 3 is 2.67 bits per heavy atom. The van der Waals surface area contributed by atoms with E-state index in [0.29, 0.717) is 12.4 Å². The average Bonchev–Trinajstić information content (AvgIpc) is 2.68. The SMILES string of the molecule is Cc1cccc(COc2ccc(/C=N\Nc3ccc([N+](=O)[O-])cn3)cc2)c1. The fraction of sp³-hybridized carbons (Fsp3) is 0.100. The van der Waals surface area contributed by atoms with Crippen LogP contribution < -0.4 is 10.2 Å².